The number of sulfonamides is 1. The van der Waals surface area contributed by atoms with Gasteiger partial charge in [0.15, 0.2) is 0 Å². The molecule has 0 unspecified atom stereocenters. The van der Waals surface area contributed by atoms with E-state index in [4.69, 9.17) is 5.11 Å². The molecule has 0 radical (unpaired) electrons. The first-order chi connectivity index (χ1) is 9.43. The zero-order chi connectivity index (χ0) is 15.2. The Balaban J connectivity index is 3.09. The summed E-state index contributed by atoms with van der Waals surface area (Å²) in [5.41, 5.74) is 0. The molecular formula is C13H23N3O3S. The minimum Gasteiger partial charge on any atom is -0.396 e. The van der Waals surface area contributed by atoms with Crippen LogP contribution in [0, 0.1) is 0 Å². The van der Waals surface area contributed by atoms with Crippen molar-refractivity contribution in [2.24, 2.45) is 0 Å². The van der Waals surface area contributed by atoms with E-state index >= 15 is 0 Å². The molecule has 0 aliphatic carbocycles. The predicted octanol–water partition coefficient (Wildman–Crippen LogP) is 1.29. The largest absolute Gasteiger partial charge is 0.396 e. The maximum absolute atomic E-state index is 12.6. The highest BCUT2D eigenvalue weighted by Crippen LogP contribution is 2.20. The van der Waals surface area contributed by atoms with E-state index in [-0.39, 0.29) is 17.5 Å². The van der Waals surface area contributed by atoms with Crippen molar-refractivity contribution >= 4 is 15.8 Å². The number of anilines is 1. The van der Waals surface area contributed by atoms with Gasteiger partial charge in [-0.1, -0.05) is 0 Å². The zero-order valence-electron chi connectivity index (χ0n) is 12.2. The molecular weight excluding hydrogens is 278 g/mol. The third-order valence-electron chi connectivity index (χ3n) is 2.81. The number of rotatable bonds is 8. The molecule has 7 heteroatoms. The Morgan fingerprint density at radius 2 is 2.15 bits per heavy atom. The normalized spacial score (nSPS) is 12.1. The molecule has 0 fully saturated rings. The lowest BCUT2D eigenvalue weighted by molar-refractivity contribution is 0.258. The first-order valence-corrected chi connectivity index (χ1v) is 8.20. The highest BCUT2D eigenvalue weighted by Gasteiger charge is 2.26. The SMILES string of the molecule is CCNc1cc(S(=O)(=O)N(CCCO)C(C)C)ccn1. The highest BCUT2D eigenvalue weighted by atomic mass is 32.2. The summed E-state index contributed by atoms with van der Waals surface area (Å²) in [6.07, 6.45) is 1.90. The van der Waals surface area contributed by atoms with Crippen molar-refractivity contribution in [3.63, 3.8) is 0 Å². The molecule has 0 atom stereocenters. The maximum Gasteiger partial charge on any atom is 0.243 e. The van der Waals surface area contributed by atoms with Gasteiger partial charge in [0.05, 0.1) is 4.90 Å². The van der Waals surface area contributed by atoms with Crippen LogP contribution in [0.1, 0.15) is 27.2 Å². The van der Waals surface area contributed by atoms with Crippen molar-refractivity contribution in [1.82, 2.24) is 9.29 Å². The number of hydrogen-bond donors (Lipinski definition) is 2. The van der Waals surface area contributed by atoms with Crippen molar-refractivity contribution in [2.45, 2.75) is 38.1 Å². The summed E-state index contributed by atoms with van der Waals surface area (Å²) in [4.78, 5) is 4.29. The molecule has 1 aromatic rings. The number of nitrogens with zero attached hydrogens (tertiary/aromatic N) is 2. The number of nitrogens with one attached hydrogen (secondary N) is 1. The van der Waals surface area contributed by atoms with E-state index in [9.17, 15) is 8.42 Å². The Kier molecular flexibility index (Phi) is 6.38. The van der Waals surface area contributed by atoms with Crippen LogP contribution in [0.3, 0.4) is 0 Å². The minimum atomic E-state index is -3.57. The average molecular weight is 301 g/mol. The van der Waals surface area contributed by atoms with E-state index < -0.39 is 10.0 Å². The number of hydrogen-bond acceptors (Lipinski definition) is 5. The topological polar surface area (TPSA) is 82.5 Å². The third kappa shape index (κ3) is 4.16. The van der Waals surface area contributed by atoms with Gasteiger partial charge < -0.3 is 10.4 Å². The Hall–Kier alpha value is -1.18. The van der Waals surface area contributed by atoms with E-state index in [0.29, 0.717) is 25.3 Å². The van der Waals surface area contributed by atoms with Gasteiger partial charge >= 0.3 is 0 Å². The zero-order valence-corrected chi connectivity index (χ0v) is 13.0. The quantitative estimate of drug-likeness (QED) is 0.756. The van der Waals surface area contributed by atoms with E-state index in [1.807, 2.05) is 20.8 Å². The summed E-state index contributed by atoms with van der Waals surface area (Å²) in [5.74, 6) is 0.541. The molecule has 6 nitrogen and oxygen atoms in total. The lowest BCUT2D eigenvalue weighted by Gasteiger charge is -2.25. The van der Waals surface area contributed by atoms with Crippen LogP contribution in [0.15, 0.2) is 23.2 Å². The summed E-state index contributed by atoms with van der Waals surface area (Å²) in [7, 11) is -3.57. The smallest absolute Gasteiger partial charge is 0.243 e. The fraction of sp³-hybridized carbons (Fsp3) is 0.615. The molecule has 0 saturated carbocycles. The Morgan fingerprint density at radius 3 is 2.70 bits per heavy atom. The van der Waals surface area contributed by atoms with Gasteiger partial charge in [0.1, 0.15) is 5.82 Å². The van der Waals surface area contributed by atoms with Crippen LogP contribution >= 0.6 is 0 Å². The van der Waals surface area contributed by atoms with Crippen LogP contribution in [-0.4, -0.2) is 48.6 Å². The fourth-order valence-electron chi connectivity index (χ4n) is 1.87. The molecule has 2 N–H and O–H groups in total. The lowest BCUT2D eigenvalue weighted by Crippen LogP contribution is -2.38. The van der Waals surface area contributed by atoms with Crippen LogP contribution in [0.2, 0.25) is 0 Å². The molecule has 114 valence electrons. The number of aromatic nitrogens is 1. The molecule has 1 heterocycles. The van der Waals surface area contributed by atoms with Gasteiger partial charge in [-0.25, -0.2) is 13.4 Å². The van der Waals surface area contributed by atoms with Crippen molar-refractivity contribution in [1.29, 1.82) is 0 Å². The molecule has 0 aliphatic rings. The standard InChI is InChI=1S/C13H23N3O3S/c1-4-14-13-10-12(6-7-15-13)20(18,19)16(11(2)3)8-5-9-17/h6-7,10-11,17H,4-5,8-9H2,1-3H3,(H,14,15). The first kappa shape index (κ1) is 16.9. The van der Waals surface area contributed by atoms with Gasteiger partial charge in [0, 0.05) is 38.0 Å². The van der Waals surface area contributed by atoms with Crippen LogP contribution in [0.4, 0.5) is 5.82 Å². The summed E-state index contributed by atoms with van der Waals surface area (Å²) >= 11 is 0. The molecule has 20 heavy (non-hydrogen) atoms. The molecule has 0 spiro atoms. The van der Waals surface area contributed by atoms with Gasteiger partial charge in [-0.05, 0) is 33.3 Å². The van der Waals surface area contributed by atoms with Crippen LogP contribution in [0.5, 0.6) is 0 Å². The monoisotopic (exact) mass is 301 g/mol. The summed E-state index contributed by atoms with van der Waals surface area (Å²) in [6, 6.07) is 2.86. The first-order valence-electron chi connectivity index (χ1n) is 6.76. The fourth-order valence-corrected chi connectivity index (χ4v) is 3.56. The summed E-state index contributed by atoms with van der Waals surface area (Å²) < 4.78 is 26.6. The van der Waals surface area contributed by atoms with Gasteiger partial charge in [0.25, 0.3) is 0 Å². The van der Waals surface area contributed by atoms with E-state index in [1.165, 1.54) is 22.6 Å². The molecule has 1 rings (SSSR count). The Bertz CT molecular complexity index is 517. The van der Waals surface area contributed by atoms with E-state index in [2.05, 4.69) is 10.3 Å². The predicted molar refractivity (Wildman–Crippen MR) is 79.1 cm³/mol. The van der Waals surface area contributed by atoms with Gasteiger partial charge in [-0.2, -0.15) is 4.31 Å². The Labute approximate surface area is 120 Å². The molecule has 0 amide bonds. The number of aliphatic hydroxyl groups is 1. The van der Waals surface area contributed by atoms with Crippen molar-refractivity contribution in [3.05, 3.63) is 18.3 Å². The lowest BCUT2D eigenvalue weighted by atomic mass is 10.3. The van der Waals surface area contributed by atoms with E-state index in [1.54, 1.807) is 0 Å². The number of aliphatic hydroxyl groups excluding tert-OH is 1. The van der Waals surface area contributed by atoms with Crippen molar-refractivity contribution in [3.8, 4) is 0 Å². The second kappa shape index (κ2) is 7.56. The van der Waals surface area contributed by atoms with Gasteiger partial charge in [0.2, 0.25) is 10.0 Å². The average Bonchev–Trinajstić information content (AvgIpc) is 2.39. The van der Waals surface area contributed by atoms with Gasteiger partial charge in [-0.15, -0.1) is 0 Å². The molecule has 0 aromatic carbocycles. The second-order valence-corrected chi connectivity index (χ2v) is 6.58. The van der Waals surface area contributed by atoms with Gasteiger partial charge in [-0.3, -0.25) is 0 Å². The minimum absolute atomic E-state index is 0.0300. The Morgan fingerprint density at radius 1 is 1.45 bits per heavy atom. The van der Waals surface area contributed by atoms with Crippen molar-refractivity contribution in [2.75, 3.05) is 25.0 Å². The second-order valence-electron chi connectivity index (χ2n) is 4.69. The molecule has 1 aromatic heterocycles. The molecule has 0 bridgehead atoms. The highest BCUT2D eigenvalue weighted by molar-refractivity contribution is 7.89. The van der Waals surface area contributed by atoms with Crippen LogP contribution in [0.25, 0.3) is 0 Å². The summed E-state index contributed by atoms with van der Waals surface area (Å²) in [5, 5.41) is 11.9. The third-order valence-corrected chi connectivity index (χ3v) is 4.88. The van der Waals surface area contributed by atoms with Crippen LogP contribution in [-0.2, 0) is 10.0 Å². The van der Waals surface area contributed by atoms with Crippen LogP contribution < -0.4 is 5.32 Å². The molecule has 0 aliphatic heterocycles. The van der Waals surface area contributed by atoms with E-state index in [0.717, 1.165) is 0 Å². The summed E-state index contributed by atoms with van der Waals surface area (Å²) in [6.45, 7) is 6.51. The van der Waals surface area contributed by atoms with Crippen molar-refractivity contribution < 1.29 is 13.5 Å². The maximum atomic E-state index is 12.6. The number of pyridine rings is 1. The molecule has 0 saturated heterocycles.